The highest BCUT2D eigenvalue weighted by atomic mass is 16.6. The number of nitrogens with two attached hydrogens (primary N) is 1. The smallest absolute Gasteiger partial charge is 0.334 e. The monoisotopic (exact) mass is 630 g/mol. The first-order valence-corrected chi connectivity index (χ1v) is 18.1. The van der Waals surface area contributed by atoms with Crippen LogP contribution in [-0.2, 0) is 23.8 Å². The zero-order valence-electron chi connectivity index (χ0n) is 27.8. The summed E-state index contributed by atoms with van der Waals surface area (Å²) >= 11 is 0. The summed E-state index contributed by atoms with van der Waals surface area (Å²) in [4.78, 5) is 26.7. The first-order valence-electron chi connectivity index (χ1n) is 18.1. The second-order valence-electron chi connectivity index (χ2n) is 15.8. The average Bonchev–Trinajstić information content (AvgIpc) is 3.40. The Morgan fingerprint density at radius 3 is 2.58 bits per heavy atom. The summed E-state index contributed by atoms with van der Waals surface area (Å²) in [7, 11) is 0. The van der Waals surface area contributed by atoms with Gasteiger partial charge in [0.2, 0.25) is 0 Å². The maximum atomic E-state index is 13.6. The maximum Gasteiger partial charge on any atom is 0.334 e. The Kier molecular flexibility index (Phi) is 10.0. The lowest BCUT2D eigenvalue weighted by Crippen LogP contribution is -2.68. The van der Waals surface area contributed by atoms with E-state index in [0.717, 1.165) is 45.1 Å². The number of fused-ring (bicyclic) bond motifs is 3. The van der Waals surface area contributed by atoms with Crippen LogP contribution in [0.3, 0.4) is 0 Å². The number of carbonyl (C=O) groups is 2. The van der Waals surface area contributed by atoms with E-state index in [1.54, 1.807) is 0 Å². The van der Waals surface area contributed by atoms with Gasteiger partial charge in [0.15, 0.2) is 0 Å². The van der Waals surface area contributed by atoms with Crippen LogP contribution in [0.25, 0.3) is 0 Å². The van der Waals surface area contributed by atoms with Gasteiger partial charge >= 0.3 is 11.9 Å². The zero-order valence-corrected chi connectivity index (χ0v) is 27.8. The summed E-state index contributed by atoms with van der Waals surface area (Å²) in [6.07, 6.45) is 13.5. The average molecular weight is 631 g/mol. The Bertz CT molecular complexity index is 1110. The van der Waals surface area contributed by atoms with Gasteiger partial charge in [-0.15, -0.1) is 0 Å². The number of hydrogen-bond donors (Lipinski definition) is 4. The second-order valence-corrected chi connectivity index (χ2v) is 15.8. The van der Waals surface area contributed by atoms with Crippen molar-refractivity contribution in [2.24, 2.45) is 53.1 Å². The number of piperidine rings is 1. The number of rotatable bonds is 8. The number of aliphatic hydroxyl groups excluding tert-OH is 2. The number of carbonyl (C=O) groups excluding carboxylic acids is 2. The number of ether oxygens (including phenoxy) is 3. The van der Waals surface area contributed by atoms with Crippen molar-refractivity contribution in [3.05, 3.63) is 11.6 Å². The molecule has 0 aromatic heterocycles. The summed E-state index contributed by atoms with van der Waals surface area (Å²) in [5.74, 6) is 1.46. The highest BCUT2D eigenvalue weighted by Gasteiger charge is 2.70. The minimum atomic E-state index is -0.766. The van der Waals surface area contributed by atoms with Crippen molar-refractivity contribution in [2.45, 2.75) is 134 Å². The van der Waals surface area contributed by atoms with Crippen LogP contribution in [0.5, 0.6) is 0 Å². The summed E-state index contributed by atoms with van der Waals surface area (Å²) in [5.41, 5.74) is 5.57. The van der Waals surface area contributed by atoms with Crippen molar-refractivity contribution in [2.75, 3.05) is 19.8 Å². The van der Waals surface area contributed by atoms with Crippen molar-refractivity contribution >= 4 is 11.9 Å². The standard InChI is InChI=1S/C36H58N2O7/c1-4-21(2)33(41)45-35(3)17-23-7-5-6-8-28(23)32(24-9-10-31(37)38-19-24)36(35)18-27-15-25-14-26(13-22(20-40)11-12-39)34(42)43-29(25)16-30(27)44-36/h4,22-32,38-40H,5-20,37H2,1-3H3. The van der Waals surface area contributed by atoms with E-state index >= 15 is 0 Å². The lowest BCUT2D eigenvalue weighted by Gasteiger charge is -2.61. The van der Waals surface area contributed by atoms with E-state index in [1.165, 1.54) is 25.7 Å². The van der Waals surface area contributed by atoms with Gasteiger partial charge in [-0.25, -0.2) is 4.79 Å². The number of hydrogen-bond acceptors (Lipinski definition) is 9. The van der Waals surface area contributed by atoms with Crippen LogP contribution < -0.4 is 11.1 Å². The van der Waals surface area contributed by atoms with Crippen LogP contribution in [0, 0.1) is 47.3 Å². The minimum absolute atomic E-state index is 0.00457. The molecule has 0 aromatic rings. The molecule has 6 rings (SSSR count). The molecule has 3 heterocycles. The van der Waals surface area contributed by atoms with E-state index in [9.17, 15) is 19.8 Å². The molecule has 9 heteroatoms. The Morgan fingerprint density at radius 2 is 1.87 bits per heavy atom. The van der Waals surface area contributed by atoms with Gasteiger partial charge in [0, 0.05) is 25.2 Å². The number of esters is 2. The summed E-state index contributed by atoms with van der Waals surface area (Å²) < 4.78 is 20.3. The molecule has 1 spiro atoms. The SMILES string of the molecule is CC=C(C)C(=O)OC1(C)CC2CCCCC2C(C2CCC(N)NC2)C12CC1CC3CC(CC(CO)CCO)C(=O)OC3CC1O2. The third kappa shape index (κ3) is 6.26. The van der Waals surface area contributed by atoms with Crippen molar-refractivity contribution in [3.63, 3.8) is 0 Å². The summed E-state index contributed by atoms with van der Waals surface area (Å²) in [5, 5.41) is 22.8. The normalized spacial score (nSPS) is 45.6. The van der Waals surface area contributed by atoms with Gasteiger partial charge in [-0.3, -0.25) is 4.79 Å². The maximum absolute atomic E-state index is 13.6. The van der Waals surface area contributed by atoms with Gasteiger partial charge < -0.3 is 35.5 Å². The van der Waals surface area contributed by atoms with E-state index in [0.29, 0.717) is 48.5 Å². The molecule has 0 bridgehead atoms. The van der Waals surface area contributed by atoms with Gasteiger partial charge in [0.05, 0.1) is 18.2 Å². The number of nitrogens with one attached hydrogen (secondary N) is 1. The highest BCUT2D eigenvalue weighted by Crippen LogP contribution is 2.64. The van der Waals surface area contributed by atoms with Gasteiger partial charge in [0.1, 0.15) is 17.3 Å². The Labute approximate surface area is 269 Å². The highest BCUT2D eigenvalue weighted by molar-refractivity contribution is 5.88. The van der Waals surface area contributed by atoms with Gasteiger partial charge in [-0.1, -0.05) is 25.3 Å². The fraction of sp³-hybridized carbons (Fsp3) is 0.889. The molecule has 9 nitrogen and oxygen atoms in total. The number of allylic oxidation sites excluding steroid dienone is 1. The van der Waals surface area contributed by atoms with Crippen LogP contribution in [0.2, 0.25) is 0 Å². The minimum Gasteiger partial charge on any atom is -0.462 e. The summed E-state index contributed by atoms with van der Waals surface area (Å²) in [6, 6.07) is 0. The van der Waals surface area contributed by atoms with Crippen molar-refractivity contribution in [3.8, 4) is 0 Å². The van der Waals surface area contributed by atoms with Crippen LogP contribution in [0.15, 0.2) is 11.6 Å². The van der Waals surface area contributed by atoms with Gasteiger partial charge in [-0.2, -0.15) is 0 Å². The quantitative estimate of drug-likeness (QED) is 0.229. The lowest BCUT2D eigenvalue weighted by molar-refractivity contribution is -0.266. The Balaban J connectivity index is 1.32. The molecule has 3 saturated carbocycles. The first-order chi connectivity index (χ1) is 21.6. The van der Waals surface area contributed by atoms with Crippen molar-refractivity contribution in [1.82, 2.24) is 5.32 Å². The number of aliphatic hydroxyl groups is 2. The summed E-state index contributed by atoms with van der Waals surface area (Å²) in [6.45, 7) is 6.72. The molecule has 5 N–H and O–H groups in total. The predicted octanol–water partition coefficient (Wildman–Crippen LogP) is 4.23. The van der Waals surface area contributed by atoms with E-state index in [2.05, 4.69) is 12.2 Å². The molecule has 0 amide bonds. The molecule has 254 valence electrons. The van der Waals surface area contributed by atoms with Gasteiger partial charge in [-0.05, 0) is 127 Å². The largest absolute Gasteiger partial charge is 0.462 e. The fourth-order valence-electron chi connectivity index (χ4n) is 10.9. The van der Waals surface area contributed by atoms with Crippen molar-refractivity contribution in [1.29, 1.82) is 0 Å². The topological polar surface area (TPSA) is 140 Å². The van der Waals surface area contributed by atoms with Crippen molar-refractivity contribution < 1.29 is 34.0 Å². The molecule has 3 saturated heterocycles. The van der Waals surface area contributed by atoms with Gasteiger partial charge in [0.25, 0.3) is 0 Å². The molecule has 0 aromatic carbocycles. The lowest BCUT2D eigenvalue weighted by atomic mass is 9.49. The zero-order chi connectivity index (χ0) is 31.9. The van der Waals surface area contributed by atoms with Crippen LogP contribution in [-0.4, -0.2) is 71.5 Å². The predicted molar refractivity (Wildman–Crippen MR) is 170 cm³/mol. The van der Waals surface area contributed by atoms with Crippen LogP contribution >= 0.6 is 0 Å². The fourth-order valence-corrected chi connectivity index (χ4v) is 10.9. The molecular weight excluding hydrogens is 572 g/mol. The molecular formula is C36H58N2O7. The first kappa shape index (κ1) is 33.4. The second kappa shape index (κ2) is 13.5. The van der Waals surface area contributed by atoms with E-state index < -0.39 is 11.2 Å². The van der Waals surface area contributed by atoms with E-state index in [4.69, 9.17) is 19.9 Å². The Morgan fingerprint density at radius 1 is 1.07 bits per heavy atom. The third-order valence-corrected chi connectivity index (χ3v) is 13.2. The molecule has 13 unspecified atom stereocenters. The van der Waals surface area contributed by atoms with Crippen LogP contribution in [0.1, 0.15) is 104 Å². The van der Waals surface area contributed by atoms with E-state index in [1.807, 2.05) is 19.9 Å². The molecule has 3 aliphatic carbocycles. The van der Waals surface area contributed by atoms with E-state index in [-0.39, 0.29) is 67.2 Å². The van der Waals surface area contributed by atoms with Crippen LogP contribution in [0.4, 0.5) is 0 Å². The molecule has 45 heavy (non-hydrogen) atoms. The molecule has 6 fully saturated rings. The molecule has 13 atom stereocenters. The molecule has 0 radical (unpaired) electrons. The third-order valence-electron chi connectivity index (χ3n) is 13.2. The molecule has 6 aliphatic rings. The Hall–Kier alpha value is -1.52. The molecule has 3 aliphatic heterocycles.